The smallest absolute Gasteiger partial charge is 0.323 e. The summed E-state index contributed by atoms with van der Waals surface area (Å²) in [7, 11) is 1.25. The number of nitrogens with one attached hydrogen (secondary N) is 8. The van der Waals surface area contributed by atoms with Gasteiger partial charge >= 0.3 is 30.2 Å². The van der Waals surface area contributed by atoms with Crippen LogP contribution in [0.15, 0.2) is 36.4 Å². The molecular formula is C43H62N10O25. The number of anilines is 6. The van der Waals surface area contributed by atoms with Gasteiger partial charge in [-0.25, -0.2) is 24.0 Å². The highest BCUT2D eigenvalue weighted by atomic mass is 16.8. The van der Waals surface area contributed by atoms with E-state index in [0.717, 1.165) is 0 Å². The first-order valence-electron chi connectivity index (χ1n) is 23.7. The highest BCUT2D eigenvalue weighted by Gasteiger charge is 2.55. The second-order valence-corrected chi connectivity index (χ2v) is 18.1. The van der Waals surface area contributed by atoms with Crippen molar-refractivity contribution in [2.75, 3.05) is 72.1 Å². The largest absolute Gasteiger partial charge is 0.394 e. The summed E-state index contributed by atoms with van der Waals surface area (Å²) in [6.07, 6.45) is -37.9. The fraction of sp³-hybridized carbons (Fsp3) is 0.605. The molecule has 10 amide bonds. The number of carbonyl (C=O) groups excluding carboxylic acids is 5. The summed E-state index contributed by atoms with van der Waals surface area (Å²) >= 11 is 0. The van der Waals surface area contributed by atoms with Gasteiger partial charge in [0.1, 0.15) is 104 Å². The minimum absolute atomic E-state index is 0.0470. The number of rotatable bonds is 7. The molecule has 0 radical (unpaired) electrons. The van der Waals surface area contributed by atoms with E-state index in [-0.39, 0.29) is 34.1 Å². The molecular weight excluding hydrogens is 1060 g/mol. The number of amides is 10. The number of carbonyl (C=O) groups is 5. The van der Waals surface area contributed by atoms with Crippen LogP contribution in [0.3, 0.4) is 0 Å². The third-order valence-electron chi connectivity index (χ3n) is 12.6. The Labute approximate surface area is 439 Å². The number of nitrogens with two attached hydrogens (primary N) is 2. The lowest BCUT2D eigenvalue weighted by Gasteiger charge is -2.49. The van der Waals surface area contributed by atoms with Crippen LogP contribution in [0.25, 0.3) is 0 Å². The molecule has 2 aromatic rings. The maximum Gasteiger partial charge on any atom is 0.323 e. The maximum absolute atomic E-state index is 13.5. The monoisotopic (exact) mass is 1120 g/mol. The van der Waals surface area contributed by atoms with E-state index in [1.807, 2.05) is 0 Å². The predicted molar refractivity (Wildman–Crippen MR) is 256 cm³/mol. The Balaban J connectivity index is 1.20. The summed E-state index contributed by atoms with van der Waals surface area (Å²) in [5.74, 6) is 0. The van der Waals surface area contributed by atoms with E-state index < -0.39 is 186 Å². The minimum Gasteiger partial charge on any atom is -0.394 e. The van der Waals surface area contributed by atoms with Gasteiger partial charge in [-0.15, -0.1) is 0 Å². The van der Waals surface area contributed by atoms with Crippen LogP contribution in [0.4, 0.5) is 58.1 Å². The van der Waals surface area contributed by atoms with E-state index in [0.29, 0.717) is 0 Å². The van der Waals surface area contributed by atoms with E-state index in [4.69, 9.17) is 54.1 Å². The van der Waals surface area contributed by atoms with Crippen LogP contribution in [0.1, 0.15) is 0 Å². The number of ether oxygens (including phenoxy) is 9. The van der Waals surface area contributed by atoms with E-state index in [9.17, 15) is 80.1 Å². The summed E-state index contributed by atoms with van der Waals surface area (Å²) in [5, 5.41) is 140. The zero-order chi connectivity index (χ0) is 56.7. The van der Waals surface area contributed by atoms with Gasteiger partial charge in [0.25, 0.3) is 0 Å². The predicted octanol–water partition coefficient (Wildman–Crippen LogP) is -6.52. The summed E-state index contributed by atoms with van der Waals surface area (Å²) in [4.78, 5) is 64.1. The standard InChI is InChI=1S/C43H62N10O25/c1-70-12-71-31-19-8-46-41(67)50-15-2-13(48-39(44)65)4-17(6-15)52-43(69)53-18-5-14(49-40(45)66)3-16(7-18)51-42(68)47-9-20-32(23(56)27(60)35(64)72-20)76-37-29(62)25(58)34(22(11-55)74-37)78-38-30(63)26(59)33(21(10-54)75-38)77-36(73-19)28(61)24(31)57/h2-7,19-38,54-64H,8-12H2,1H3,(H3,44,48,65)(H3,45,49,66)(H2,46,50,67)(H2,47,51,68)(H2,52,53,69)/t19-,20-,21-,22-,23?,24?,25?,26?,27?,28?,29?,30?,31-,32-,33-,34-,35+,36-,37-,38-/m1/s1. The SMILES string of the molecule is COCO[C@H]1C(O)C(O)[C@@H]2O[C@@H]1CNC(=O)Nc1cc(NC(N)=O)cc(c1)NC(=O)Nc1cc(NC(N)=O)cc(c1)NC(=O)NC[C@H]1O[C@H](O)C(O)C(O)[C@@H]1O[C@H]1O[C@H](CO)[C@@H](O[C@H]3O[C@H](CO)[C@@H](O2)C(O)C3O)C(O)C1O. The number of primary amides is 2. The van der Waals surface area contributed by atoms with E-state index >= 15 is 0 Å². The van der Waals surface area contributed by atoms with Crippen molar-refractivity contribution in [1.29, 1.82) is 0 Å². The molecule has 10 bridgehead atoms. The molecule has 7 aliphatic heterocycles. The van der Waals surface area contributed by atoms with Gasteiger partial charge in [-0.05, 0) is 36.4 Å². The first-order valence-corrected chi connectivity index (χ1v) is 23.7. The number of hydrogen-bond donors (Lipinski definition) is 21. The third kappa shape index (κ3) is 14.4. The van der Waals surface area contributed by atoms with Crippen molar-refractivity contribution < 1.29 is 123 Å². The number of aliphatic hydroxyl groups excluding tert-OH is 11. The number of aliphatic hydroxyl groups is 11. The molecule has 0 aliphatic carbocycles. The summed E-state index contributed by atoms with van der Waals surface area (Å²) in [6.45, 7) is -3.68. The van der Waals surface area contributed by atoms with Crippen LogP contribution >= 0.6 is 0 Å². The number of hydrogen-bond acceptors (Lipinski definition) is 25. The number of urea groups is 5. The first kappa shape index (κ1) is 59.6. The molecule has 7 heterocycles. The van der Waals surface area contributed by atoms with Gasteiger partial charge in [-0.2, -0.15) is 0 Å². The maximum atomic E-state index is 13.5. The van der Waals surface area contributed by atoms with E-state index in [2.05, 4.69) is 42.5 Å². The van der Waals surface area contributed by atoms with Gasteiger partial charge in [0.15, 0.2) is 25.2 Å². The molecule has 2 aromatic carbocycles. The molecule has 23 N–H and O–H groups in total. The van der Waals surface area contributed by atoms with Gasteiger partial charge < -0.3 is 153 Å². The molecule has 4 saturated heterocycles. The normalized spacial score (nSPS) is 37.2. The second kappa shape index (κ2) is 26.3. The van der Waals surface area contributed by atoms with Gasteiger partial charge in [-0.3, -0.25) is 0 Å². The van der Waals surface area contributed by atoms with E-state index in [1.54, 1.807) is 0 Å². The molecule has 35 nitrogen and oxygen atoms in total. The van der Waals surface area contributed by atoms with Crippen molar-refractivity contribution in [2.24, 2.45) is 11.5 Å². The third-order valence-corrected chi connectivity index (χ3v) is 12.6. The van der Waals surface area contributed by atoms with Crippen LogP contribution in [0, 0.1) is 0 Å². The Morgan fingerprint density at radius 2 is 0.923 bits per heavy atom. The molecule has 7 aliphatic rings. The Hall–Kier alpha value is -6.01. The fourth-order valence-corrected chi connectivity index (χ4v) is 8.92. The van der Waals surface area contributed by atoms with Crippen LogP contribution < -0.4 is 54.0 Å². The van der Waals surface area contributed by atoms with Crippen molar-refractivity contribution >= 4 is 64.3 Å². The van der Waals surface area contributed by atoms with Crippen LogP contribution in [-0.4, -0.2) is 249 Å². The Morgan fingerprint density at radius 1 is 0.526 bits per heavy atom. The summed E-state index contributed by atoms with van der Waals surface area (Å²) < 4.78 is 50.7. The van der Waals surface area contributed by atoms with Crippen LogP contribution in [-0.2, 0) is 42.6 Å². The second-order valence-electron chi connectivity index (χ2n) is 18.1. The average molecular weight is 1120 g/mol. The molecule has 434 valence electrons. The number of benzene rings is 2. The molecule has 0 saturated carbocycles. The summed E-state index contributed by atoms with van der Waals surface area (Å²) in [5.41, 5.74) is 10.2. The lowest BCUT2D eigenvalue weighted by atomic mass is 9.95. The van der Waals surface area contributed by atoms with Crippen LogP contribution in [0.5, 0.6) is 0 Å². The summed E-state index contributed by atoms with van der Waals surface area (Å²) in [6, 6.07) is 2.30. The molecule has 9 rings (SSSR count). The van der Waals surface area contributed by atoms with Crippen molar-refractivity contribution in [2.45, 2.75) is 123 Å². The van der Waals surface area contributed by atoms with Crippen molar-refractivity contribution in [3.05, 3.63) is 36.4 Å². The highest BCUT2D eigenvalue weighted by molar-refractivity contribution is 6.03. The lowest BCUT2D eigenvalue weighted by molar-refractivity contribution is -0.387. The lowest BCUT2D eigenvalue weighted by Crippen LogP contribution is -2.68. The minimum atomic E-state index is -2.17. The fourth-order valence-electron chi connectivity index (χ4n) is 8.92. The first-order chi connectivity index (χ1) is 37.1. The average Bonchev–Trinajstić information content (AvgIpc) is 3.40. The van der Waals surface area contributed by atoms with Crippen molar-refractivity contribution in [3.8, 4) is 0 Å². The quantitative estimate of drug-likeness (QED) is 0.115. The molecule has 78 heavy (non-hydrogen) atoms. The van der Waals surface area contributed by atoms with Gasteiger partial charge in [-0.1, -0.05) is 0 Å². The van der Waals surface area contributed by atoms with Gasteiger partial charge in [0, 0.05) is 54.3 Å². The highest BCUT2D eigenvalue weighted by Crippen LogP contribution is 2.35. The molecule has 35 heteroatoms. The zero-order valence-electron chi connectivity index (χ0n) is 40.8. The Bertz CT molecular complexity index is 2420. The molecule has 0 aromatic heterocycles. The van der Waals surface area contributed by atoms with Crippen molar-refractivity contribution in [1.82, 2.24) is 10.6 Å². The number of methoxy groups -OCH3 is 1. The van der Waals surface area contributed by atoms with Gasteiger partial charge in [0.05, 0.1) is 13.2 Å². The zero-order valence-corrected chi connectivity index (χ0v) is 40.8. The van der Waals surface area contributed by atoms with Gasteiger partial charge in [0.2, 0.25) is 0 Å². The Morgan fingerprint density at radius 3 is 1.36 bits per heavy atom. The van der Waals surface area contributed by atoms with E-state index in [1.165, 1.54) is 43.5 Å². The number of fused-ring (bicyclic) bond motifs is 2. The molecule has 4 fully saturated rings. The van der Waals surface area contributed by atoms with Crippen molar-refractivity contribution in [3.63, 3.8) is 0 Å². The molecule has 0 spiro atoms. The molecule has 8 unspecified atom stereocenters. The topological polar surface area (TPSA) is 539 Å². The van der Waals surface area contributed by atoms with Crippen LogP contribution in [0.2, 0.25) is 0 Å². The Kier molecular flexibility index (Phi) is 20.1. The molecule has 20 atom stereocenters.